The molecule has 188 valence electrons. The Morgan fingerprint density at radius 3 is 1.97 bits per heavy atom. The summed E-state index contributed by atoms with van der Waals surface area (Å²) < 4.78 is 28.2. The van der Waals surface area contributed by atoms with E-state index in [9.17, 15) is 5.26 Å². The van der Waals surface area contributed by atoms with E-state index in [1.807, 2.05) is 80.6 Å². The Hall–Kier alpha value is -4.70. The summed E-state index contributed by atoms with van der Waals surface area (Å²) in [6.07, 6.45) is 1.65. The minimum atomic E-state index is 0.214. The van der Waals surface area contributed by atoms with Gasteiger partial charge in [-0.25, -0.2) is 4.99 Å². The maximum absolute atomic E-state index is 10.1. The SMILES string of the molecule is CCOc1ccc(/C=N/c2oc(-c3ccc(OC)cc3)c(-c3ccc(OC)cc3)c2C#N)cc1OCC. The molecule has 0 saturated carbocycles. The summed E-state index contributed by atoms with van der Waals surface area (Å²) in [6, 6.07) is 22.8. The predicted molar refractivity (Wildman–Crippen MR) is 143 cm³/mol. The Morgan fingerprint density at radius 2 is 1.41 bits per heavy atom. The average molecular weight is 497 g/mol. The van der Waals surface area contributed by atoms with Crippen molar-refractivity contribution < 1.29 is 23.4 Å². The quantitative estimate of drug-likeness (QED) is 0.219. The monoisotopic (exact) mass is 496 g/mol. The average Bonchev–Trinajstić information content (AvgIpc) is 3.32. The summed E-state index contributed by atoms with van der Waals surface area (Å²) in [6.45, 7) is 4.88. The molecule has 0 radical (unpaired) electrons. The van der Waals surface area contributed by atoms with Gasteiger partial charge in [0.15, 0.2) is 11.5 Å². The van der Waals surface area contributed by atoms with Gasteiger partial charge in [-0.3, -0.25) is 0 Å². The molecule has 3 aromatic carbocycles. The van der Waals surface area contributed by atoms with E-state index in [-0.39, 0.29) is 5.88 Å². The van der Waals surface area contributed by atoms with Gasteiger partial charge in [-0.1, -0.05) is 12.1 Å². The summed E-state index contributed by atoms with van der Waals surface area (Å²) in [5, 5.41) is 10.1. The molecular weight excluding hydrogens is 468 g/mol. The van der Waals surface area contributed by atoms with Crippen molar-refractivity contribution in [3.8, 4) is 51.5 Å². The standard InChI is InChI=1S/C30H28N2O5/c1-5-35-26-16-7-20(17-27(26)36-6-2)19-32-30-25(18-31)28(21-8-12-23(33-3)13-9-21)29(37-30)22-10-14-24(34-4)15-11-22/h7-17,19H,5-6H2,1-4H3/b32-19+. The number of ether oxygens (including phenoxy) is 4. The lowest BCUT2D eigenvalue weighted by Gasteiger charge is -2.10. The minimum absolute atomic E-state index is 0.214. The van der Waals surface area contributed by atoms with Crippen LogP contribution in [-0.4, -0.2) is 33.6 Å². The summed E-state index contributed by atoms with van der Waals surface area (Å²) >= 11 is 0. The van der Waals surface area contributed by atoms with E-state index in [0.29, 0.717) is 41.6 Å². The number of furan rings is 1. The first kappa shape index (κ1) is 25.4. The molecule has 37 heavy (non-hydrogen) atoms. The van der Waals surface area contributed by atoms with E-state index in [2.05, 4.69) is 11.1 Å². The van der Waals surface area contributed by atoms with Crippen LogP contribution in [0.4, 0.5) is 5.88 Å². The van der Waals surface area contributed by atoms with Gasteiger partial charge in [0.1, 0.15) is 28.9 Å². The van der Waals surface area contributed by atoms with Crippen molar-refractivity contribution in [3.05, 3.63) is 77.9 Å². The van der Waals surface area contributed by atoms with Gasteiger partial charge in [0.2, 0.25) is 5.88 Å². The fourth-order valence-electron chi connectivity index (χ4n) is 3.87. The molecule has 0 aliphatic rings. The second-order valence-corrected chi connectivity index (χ2v) is 7.89. The molecule has 0 fully saturated rings. The molecule has 4 aromatic rings. The van der Waals surface area contributed by atoms with Crippen LogP contribution in [0.2, 0.25) is 0 Å². The van der Waals surface area contributed by atoms with Crippen LogP contribution in [0.5, 0.6) is 23.0 Å². The topological polar surface area (TPSA) is 86.2 Å². The third kappa shape index (κ3) is 5.60. The number of nitrogens with zero attached hydrogens (tertiary/aromatic N) is 2. The molecule has 1 heterocycles. The van der Waals surface area contributed by atoms with Crippen molar-refractivity contribution in [2.45, 2.75) is 13.8 Å². The Morgan fingerprint density at radius 1 is 0.811 bits per heavy atom. The van der Waals surface area contributed by atoms with Gasteiger partial charge in [-0.15, -0.1) is 0 Å². The maximum atomic E-state index is 10.1. The second kappa shape index (κ2) is 11.8. The zero-order valence-electron chi connectivity index (χ0n) is 21.3. The van der Waals surface area contributed by atoms with E-state index in [4.69, 9.17) is 23.4 Å². The molecule has 7 heteroatoms. The van der Waals surface area contributed by atoms with Gasteiger partial charge in [-0.05, 0) is 79.6 Å². The Balaban J connectivity index is 1.81. The van der Waals surface area contributed by atoms with E-state index >= 15 is 0 Å². The number of aliphatic imine (C=N–C) groups is 1. The molecule has 0 N–H and O–H groups in total. The molecule has 0 amide bonds. The molecule has 0 atom stereocenters. The van der Waals surface area contributed by atoms with Crippen LogP contribution in [0.25, 0.3) is 22.5 Å². The van der Waals surface area contributed by atoms with Crippen molar-refractivity contribution in [3.63, 3.8) is 0 Å². The van der Waals surface area contributed by atoms with Gasteiger partial charge in [0.25, 0.3) is 0 Å². The molecule has 0 unspecified atom stereocenters. The lowest BCUT2D eigenvalue weighted by Crippen LogP contribution is -1.99. The number of rotatable bonds is 10. The van der Waals surface area contributed by atoms with Crippen molar-refractivity contribution >= 4 is 12.1 Å². The predicted octanol–water partition coefficient (Wildman–Crippen LogP) is 7.05. The zero-order valence-corrected chi connectivity index (χ0v) is 21.3. The first-order valence-corrected chi connectivity index (χ1v) is 11.9. The first-order chi connectivity index (χ1) is 18.1. The van der Waals surface area contributed by atoms with Crippen molar-refractivity contribution in [1.29, 1.82) is 5.26 Å². The highest BCUT2D eigenvalue weighted by Gasteiger charge is 2.23. The van der Waals surface area contributed by atoms with Gasteiger partial charge >= 0.3 is 0 Å². The fourth-order valence-corrected chi connectivity index (χ4v) is 3.87. The van der Waals surface area contributed by atoms with Crippen LogP contribution in [0, 0.1) is 11.3 Å². The smallest absolute Gasteiger partial charge is 0.238 e. The van der Waals surface area contributed by atoms with Gasteiger partial charge in [0, 0.05) is 17.3 Å². The van der Waals surface area contributed by atoms with E-state index in [1.165, 1.54) is 0 Å². The zero-order chi connectivity index (χ0) is 26.2. The van der Waals surface area contributed by atoms with Gasteiger partial charge < -0.3 is 23.4 Å². The third-order valence-corrected chi connectivity index (χ3v) is 5.63. The number of methoxy groups -OCH3 is 2. The summed E-state index contributed by atoms with van der Waals surface area (Å²) in [7, 11) is 3.23. The maximum Gasteiger partial charge on any atom is 0.238 e. The van der Waals surface area contributed by atoms with Crippen LogP contribution in [-0.2, 0) is 0 Å². The molecule has 0 aliphatic carbocycles. The highest BCUT2D eigenvalue weighted by atomic mass is 16.5. The molecule has 0 saturated heterocycles. The van der Waals surface area contributed by atoms with Crippen molar-refractivity contribution in [2.24, 2.45) is 4.99 Å². The molecule has 0 spiro atoms. The second-order valence-electron chi connectivity index (χ2n) is 7.89. The van der Waals surface area contributed by atoms with Gasteiger partial charge in [0.05, 0.1) is 27.4 Å². The highest BCUT2D eigenvalue weighted by molar-refractivity contribution is 5.90. The number of benzene rings is 3. The van der Waals surface area contributed by atoms with Crippen LogP contribution in [0.3, 0.4) is 0 Å². The van der Waals surface area contributed by atoms with Crippen LogP contribution in [0.1, 0.15) is 25.0 Å². The number of hydrogen-bond acceptors (Lipinski definition) is 7. The largest absolute Gasteiger partial charge is 0.497 e. The minimum Gasteiger partial charge on any atom is -0.497 e. The Bertz CT molecular complexity index is 1410. The lowest BCUT2D eigenvalue weighted by molar-refractivity contribution is 0.288. The molecular formula is C30H28N2O5. The van der Waals surface area contributed by atoms with E-state index in [1.54, 1.807) is 20.4 Å². The van der Waals surface area contributed by atoms with E-state index < -0.39 is 0 Å². The molecule has 0 bridgehead atoms. The molecule has 0 aliphatic heterocycles. The number of hydrogen-bond donors (Lipinski definition) is 0. The highest BCUT2D eigenvalue weighted by Crippen LogP contribution is 2.43. The van der Waals surface area contributed by atoms with Crippen LogP contribution >= 0.6 is 0 Å². The number of nitriles is 1. The van der Waals surface area contributed by atoms with Gasteiger partial charge in [-0.2, -0.15) is 5.26 Å². The van der Waals surface area contributed by atoms with Crippen molar-refractivity contribution in [2.75, 3.05) is 27.4 Å². The fraction of sp³-hybridized carbons (Fsp3) is 0.200. The normalized spacial score (nSPS) is 10.8. The summed E-state index contributed by atoms with van der Waals surface area (Å²) in [5.74, 6) is 3.49. The lowest BCUT2D eigenvalue weighted by atomic mass is 9.98. The Kier molecular flexibility index (Phi) is 8.11. The Labute approximate surface area is 216 Å². The summed E-state index contributed by atoms with van der Waals surface area (Å²) in [4.78, 5) is 4.56. The van der Waals surface area contributed by atoms with Crippen LogP contribution in [0.15, 0.2) is 76.1 Å². The third-order valence-electron chi connectivity index (χ3n) is 5.63. The first-order valence-electron chi connectivity index (χ1n) is 11.9. The molecule has 1 aromatic heterocycles. The van der Waals surface area contributed by atoms with E-state index in [0.717, 1.165) is 28.2 Å². The van der Waals surface area contributed by atoms with Crippen molar-refractivity contribution in [1.82, 2.24) is 0 Å². The van der Waals surface area contributed by atoms with Crippen LogP contribution < -0.4 is 18.9 Å². The summed E-state index contributed by atoms with van der Waals surface area (Å²) in [5.41, 5.74) is 3.38. The molecule has 4 rings (SSSR count). The molecule has 7 nitrogen and oxygen atoms in total.